The summed E-state index contributed by atoms with van der Waals surface area (Å²) in [6.07, 6.45) is 0. The number of rotatable bonds is 2. The minimum absolute atomic E-state index is 0.0689. The Labute approximate surface area is 180 Å². The minimum Gasteiger partial charge on any atom is -0.420 e. The molecule has 0 aliphatic carbocycles. The average molecular weight is 462 g/mol. The number of nitrogens with one attached hydrogen (secondary N) is 1. The monoisotopic (exact) mass is 461 g/mol. The third-order valence-corrected chi connectivity index (χ3v) is 6.12. The van der Waals surface area contributed by atoms with Crippen LogP contribution in [0.5, 0.6) is 5.88 Å². The van der Waals surface area contributed by atoms with Crippen molar-refractivity contribution in [2.75, 3.05) is 4.90 Å². The molecular weight excluding hydrogens is 446 g/mol. The molecule has 2 aliphatic heterocycles. The number of carbonyl (C=O) groups excluding carboxylic acids is 1. The molecule has 1 atom stereocenters. The molecule has 0 radical (unpaired) electrons. The van der Waals surface area contributed by atoms with Gasteiger partial charge in [0.1, 0.15) is 17.1 Å². The standard InChI is InChI=1S/C22H16BrN5O2/c1-12-18-20(27-26-12)30-19(25)16(10-24)22(18)15-9-14(23)7-8-17(15)28(21(22)29)11-13-5-3-2-4-6-13/h2-9H,11,25H2,1H3,(H,26,27)/t22-/m1/s1. The third-order valence-electron chi connectivity index (χ3n) is 5.63. The largest absolute Gasteiger partial charge is 0.420 e. The van der Waals surface area contributed by atoms with Crippen molar-refractivity contribution in [2.45, 2.75) is 18.9 Å². The van der Waals surface area contributed by atoms with Crippen molar-refractivity contribution in [3.05, 3.63) is 86.8 Å². The SMILES string of the molecule is Cc1[nH]nc2c1[C@]1(C(=O)N(Cc3ccccc3)c3ccc(Br)cc31)C(C#N)=C(N)O2. The molecule has 3 N–H and O–H groups in total. The van der Waals surface area contributed by atoms with Crippen molar-refractivity contribution in [1.82, 2.24) is 10.2 Å². The lowest BCUT2D eigenvalue weighted by molar-refractivity contribution is -0.121. The molecule has 3 aromatic rings. The summed E-state index contributed by atoms with van der Waals surface area (Å²) in [6.45, 7) is 2.17. The number of ether oxygens (including phenoxy) is 1. The number of hydrogen-bond donors (Lipinski definition) is 2. The number of hydrogen-bond acceptors (Lipinski definition) is 5. The third kappa shape index (κ3) is 2.30. The molecule has 0 fully saturated rings. The topological polar surface area (TPSA) is 108 Å². The highest BCUT2D eigenvalue weighted by molar-refractivity contribution is 9.10. The highest BCUT2D eigenvalue weighted by Gasteiger charge is 2.60. The van der Waals surface area contributed by atoms with Gasteiger partial charge in [-0.25, -0.2) is 0 Å². The summed E-state index contributed by atoms with van der Waals surface area (Å²) in [7, 11) is 0. The van der Waals surface area contributed by atoms with Gasteiger partial charge in [0.25, 0.3) is 0 Å². The molecular formula is C22H16BrN5O2. The van der Waals surface area contributed by atoms with Gasteiger partial charge in [-0.1, -0.05) is 46.3 Å². The Balaban J connectivity index is 1.83. The first kappa shape index (κ1) is 18.5. The van der Waals surface area contributed by atoms with Crippen molar-refractivity contribution in [3.8, 4) is 11.9 Å². The van der Waals surface area contributed by atoms with E-state index in [1.165, 1.54) is 0 Å². The van der Waals surface area contributed by atoms with Gasteiger partial charge in [0.15, 0.2) is 0 Å². The van der Waals surface area contributed by atoms with Crippen molar-refractivity contribution in [1.29, 1.82) is 5.26 Å². The Kier molecular flexibility index (Phi) is 3.98. The summed E-state index contributed by atoms with van der Waals surface area (Å²) in [6, 6.07) is 17.5. The fourth-order valence-electron chi connectivity index (χ4n) is 4.40. The lowest BCUT2D eigenvalue weighted by Gasteiger charge is -2.32. The number of halogens is 1. The van der Waals surface area contributed by atoms with Gasteiger partial charge in [0.05, 0.1) is 12.1 Å². The van der Waals surface area contributed by atoms with Crippen LogP contribution in [0.25, 0.3) is 0 Å². The van der Waals surface area contributed by atoms with E-state index in [2.05, 4.69) is 32.2 Å². The number of nitriles is 1. The van der Waals surface area contributed by atoms with Crippen molar-refractivity contribution >= 4 is 27.5 Å². The molecule has 1 amide bonds. The van der Waals surface area contributed by atoms with Gasteiger partial charge in [-0.2, -0.15) is 5.26 Å². The summed E-state index contributed by atoms with van der Waals surface area (Å²) in [5.41, 5.74) is 8.31. The number of anilines is 1. The van der Waals surface area contributed by atoms with Crippen LogP contribution in [0, 0.1) is 18.3 Å². The van der Waals surface area contributed by atoms with Crippen LogP contribution in [-0.2, 0) is 16.8 Å². The average Bonchev–Trinajstić information content (AvgIpc) is 3.21. The zero-order chi connectivity index (χ0) is 21.0. The molecule has 148 valence electrons. The van der Waals surface area contributed by atoms with Gasteiger partial charge in [-0.15, -0.1) is 5.10 Å². The number of H-pyrrole nitrogens is 1. The molecule has 5 rings (SSSR count). The van der Waals surface area contributed by atoms with Gasteiger partial charge in [0.2, 0.25) is 17.7 Å². The van der Waals surface area contributed by atoms with Gasteiger partial charge in [-0.05, 0) is 30.7 Å². The van der Waals surface area contributed by atoms with Crippen LogP contribution in [0.3, 0.4) is 0 Å². The Hall–Kier alpha value is -3.57. The number of nitrogens with zero attached hydrogens (tertiary/aromatic N) is 3. The maximum atomic E-state index is 14.2. The Morgan fingerprint density at radius 1 is 1.30 bits per heavy atom. The number of fused-ring (bicyclic) bond motifs is 4. The maximum absolute atomic E-state index is 14.2. The first-order chi connectivity index (χ1) is 14.5. The van der Waals surface area contributed by atoms with Gasteiger partial charge >= 0.3 is 0 Å². The molecule has 1 spiro atoms. The number of nitrogens with two attached hydrogens (primary N) is 1. The zero-order valence-corrected chi connectivity index (χ0v) is 17.5. The summed E-state index contributed by atoms with van der Waals surface area (Å²) in [5, 5.41) is 17.1. The van der Waals surface area contributed by atoms with Crippen LogP contribution in [0.4, 0.5) is 5.69 Å². The van der Waals surface area contributed by atoms with Crippen molar-refractivity contribution in [2.24, 2.45) is 5.73 Å². The smallest absolute Gasteiger partial charge is 0.248 e. The van der Waals surface area contributed by atoms with Crippen LogP contribution < -0.4 is 15.4 Å². The molecule has 8 heteroatoms. The predicted octanol–water partition coefficient (Wildman–Crippen LogP) is 3.40. The lowest BCUT2D eigenvalue weighted by atomic mass is 9.69. The Morgan fingerprint density at radius 3 is 2.80 bits per heavy atom. The van der Waals surface area contributed by atoms with E-state index in [-0.39, 0.29) is 23.2 Å². The van der Waals surface area contributed by atoms with E-state index < -0.39 is 5.41 Å². The van der Waals surface area contributed by atoms with Gasteiger partial charge in [-0.3, -0.25) is 9.89 Å². The second kappa shape index (κ2) is 6.47. The zero-order valence-electron chi connectivity index (χ0n) is 15.9. The fraction of sp³-hybridized carbons (Fsp3) is 0.136. The number of benzene rings is 2. The second-order valence-electron chi connectivity index (χ2n) is 7.27. The van der Waals surface area contributed by atoms with Crippen LogP contribution in [0.2, 0.25) is 0 Å². The first-order valence-corrected chi connectivity index (χ1v) is 10.1. The Morgan fingerprint density at radius 2 is 2.07 bits per heavy atom. The molecule has 0 unspecified atom stereocenters. The summed E-state index contributed by atoms with van der Waals surface area (Å²) >= 11 is 3.51. The lowest BCUT2D eigenvalue weighted by Crippen LogP contribution is -2.45. The van der Waals surface area contributed by atoms with E-state index in [9.17, 15) is 10.1 Å². The second-order valence-corrected chi connectivity index (χ2v) is 8.19. The Bertz CT molecular complexity index is 1270. The molecule has 2 aliphatic rings. The van der Waals surface area contributed by atoms with Crippen LogP contribution in [0.15, 0.2) is 64.5 Å². The fourth-order valence-corrected chi connectivity index (χ4v) is 4.76. The van der Waals surface area contributed by atoms with E-state index in [4.69, 9.17) is 10.5 Å². The summed E-state index contributed by atoms with van der Waals surface area (Å²) in [4.78, 5) is 15.9. The van der Waals surface area contributed by atoms with Crippen LogP contribution in [-0.4, -0.2) is 16.1 Å². The maximum Gasteiger partial charge on any atom is 0.248 e. The molecule has 0 saturated carbocycles. The molecule has 30 heavy (non-hydrogen) atoms. The number of aryl methyl sites for hydroxylation is 1. The van der Waals surface area contributed by atoms with Gasteiger partial charge < -0.3 is 15.4 Å². The molecule has 2 aromatic carbocycles. The van der Waals surface area contributed by atoms with Crippen LogP contribution >= 0.6 is 15.9 Å². The highest BCUT2D eigenvalue weighted by atomic mass is 79.9. The predicted molar refractivity (Wildman–Crippen MR) is 113 cm³/mol. The quantitative estimate of drug-likeness (QED) is 0.607. The summed E-state index contributed by atoms with van der Waals surface area (Å²) < 4.78 is 6.39. The number of aromatic amines is 1. The first-order valence-electron chi connectivity index (χ1n) is 9.28. The van der Waals surface area contributed by atoms with E-state index in [0.717, 1.165) is 15.7 Å². The normalized spacial score (nSPS) is 19.5. The van der Waals surface area contributed by atoms with Gasteiger partial charge in [0, 0.05) is 21.4 Å². The highest BCUT2D eigenvalue weighted by Crippen LogP contribution is 2.56. The van der Waals surface area contributed by atoms with E-state index in [1.807, 2.05) is 48.5 Å². The number of aromatic nitrogens is 2. The summed E-state index contributed by atoms with van der Waals surface area (Å²) in [5.74, 6) is -0.157. The molecule has 1 aromatic heterocycles. The number of amides is 1. The van der Waals surface area contributed by atoms with E-state index >= 15 is 0 Å². The molecule has 3 heterocycles. The minimum atomic E-state index is -1.42. The van der Waals surface area contributed by atoms with E-state index in [0.29, 0.717) is 23.4 Å². The van der Waals surface area contributed by atoms with Crippen molar-refractivity contribution in [3.63, 3.8) is 0 Å². The van der Waals surface area contributed by atoms with Crippen molar-refractivity contribution < 1.29 is 9.53 Å². The molecule has 0 saturated heterocycles. The molecule has 7 nitrogen and oxygen atoms in total. The van der Waals surface area contributed by atoms with Crippen LogP contribution in [0.1, 0.15) is 22.4 Å². The molecule has 0 bridgehead atoms. The number of carbonyl (C=O) groups is 1. The van der Waals surface area contributed by atoms with E-state index in [1.54, 1.807) is 11.8 Å².